The fraction of sp³-hybridized carbons (Fsp3) is 1.00. The lowest BCUT2D eigenvalue weighted by Crippen LogP contribution is -2.16. The highest BCUT2D eigenvalue weighted by molar-refractivity contribution is 4.63. The molecule has 0 heterocycles. The minimum atomic E-state index is 0.163. The van der Waals surface area contributed by atoms with E-state index in [1.807, 2.05) is 0 Å². The molecule has 2 aliphatic rings. The van der Waals surface area contributed by atoms with Crippen molar-refractivity contribution in [1.29, 1.82) is 0 Å². The molecule has 2 rings (SSSR count). The van der Waals surface area contributed by atoms with E-state index in [-0.39, 0.29) is 13.2 Å². The summed E-state index contributed by atoms with van der Waals surface area (Å²) in [6, 6.07) is 0. The molecule has 0 spiro atoms. The van der Waals surface area contributed by atoms with Crippen molar-refractivity contribution in [2.75, 3.05) is 26.4 Å². The number of hydrogen-bond donors (Lipinski definition) is 2. The molecular weight excluding hydrogens is 352 g/mol. The van der Waals surface area contributed by atoms with Crippen molar-refractivity contribution >= 4 is 0 Å². The summed E-state index contributed by atoms with van der Waals surface area (Å²) in [6.07, 6.45) is 24.7. The molecule has 0 aliphatic heterocycles. The van der Waals surface area contributed by atoms with Gasteiger partial charge >= 0.3 is 0 Å². The van der Waals surface area contributed by atoms with E-state index in [0.717, 1.165) is 0 Å². The van der Waals surface area contributed by atoms with Gasteiger partial charge in [-0.25, -0.2) is 0 Å². The molecule has 0 radical (unpaired) electrons. The van der Waals surface area contributed by atoms with E-state index in [2.05, 4.69) is 0 Å². The monoisotopic (exact) mass is 400 g/mol. The predicted molar refractivity (Wildman–Crippen MR) is 117 cm³/mol. The van der Waals surface area contributed by atoms with E-state index in [1.165, 1.54) is 116 Å². The van der Waals surface area contributed by atoms with Crippen LogP contribution in [0.1, 0.15) is 116 Å². The fourth-order valence-electron chi connectivity index (χ4n) is 4.32. The Morgan fingerprint density at radius 3 is 0.929 bits per heavy atom. The molecule has 4 nitrogen and oxygen atoms in total. The minimum Gasteiger partial charge on any atom is -0.394 e. The molecule has 0 aromatic rings. The Morgan fingerprint density at radius 2 is 0.679 bits per heavy atom. The third-order valence-electron chi connectivity index (χ3n) is 5.99. The topological polar surface area (TPSA) is 58.9 Å². The quantitative estimate of drug-likeness (QED) is 0.593. The maximum Gasteiger partial charge on any atom is 0.0701 e. The first-order valence-electron chi connectivity index (χ1n) is 12.3. The fourth-order valence-corrected chi connectivity index (χ4v) is 4.32. The number of hydrogen-bond acceptors (Lipinski definition) is 4. The van der Waals surface area contributed by atoms with Gasteiger partial charge in [0.05, 0.1) is 38.6 Å². The van der Waals surface area contributed by atoms with Gasteiger partial charge in [-0.2, -0.15) is 0 Å². The van der Waals surface area contributed by atoms with Crippen molar-refractivity contribution in [3.63, 3.8) is 0 Å². The van der Waals surface area contributed by atoms with Crippen molar-refractivity contribution in [3.05, 3.63) is 0 Å². The second-order valence-electron chi connectivity index (χ2n) is 8.54. The Morgan fingerprint density at radius 1 is 0.429 bits per heavy atom. The third kappa shape index (κ3) is 15.7. The van der Waals surface area contributed by atoms with Gasteiger partial charge in [-0.1, -0.05) is 89.9 Å². The van der Waals surface area contributed by atoms with Gasteiger partial charge in [0.1, 0.15) is 0 Å². The molecule has 2 N–H and O–H groups in total. The summed E-state index contributed by atoms with van der Waals surface area (Å²) in [5, 5.41) is 17.4. The standard InChI is InChI=1S/2C12H24O2/c2*13-10-11-14-12-8-6-4-2-1-3-5-7-9-12/h2*12-13H,1-11H2. The zero-order valence-electron chi connectivity index (χ0n) is 18.4. The molecule has 0 bridgehead atoms. The first-order chi connectivity index (χ1) is 13.9. The van der Waals surface area contributed by atoms with Gasteiger partial charge in [-0.05, 0) is 25.7 Å². The van der Waals surface area contributed by atoms with Crippen LogP contribution in [0.3, 0.4) is 0 Å². The average Bonchev–Trinajstić information content (AvgIpc) is 2.74. The van der Waals surface area contributed by atoms with Gasteiger partial charge in [0.2, 0.25) is 0 Å². The molecule has 2 fully saturated rings. The second kappa shape index (κ2) is 20.1. The highest BCUT2D eigenvalue weighted by atomic mass is 16.5. The number of aliphatic hydroxyl groups is 2. The van der Waals surface area contributed by atoms with Gasteiger partial charge in [-0.3, -0.25) is 0 Å². The van der Waals surface area contributed by atoms with Crippen LogP contribution >= 0.6 is 0 Å². The summed E-state index contributed by atoms with van der Waals surface area (Å²) in [4.78, 5) is 0. The summed E-state index contributed by atoms with van der Waals surface area (Å²) in [5.41, 5.74) is 0. The van der Waals surface area contributed by atoms with Crippen LogP contribution in [0.5, 0.6) is 0 Å². The summed E-state index contributed by atoms with van der Waals surface area (Å²) >= 11 is 0. The normalized spacial score (nSPS) is 22.1. The summed E-state index contributed by atoms with van der Waals surface area (Å²) in [7, 11) is 0. The molecule has 0 unspecified atom stereocenters. The molecule has 2 saturated carbocycles. The van der Waals surface area contributed by atoms with Crippen molar-refractivity contribution in [2.24, 2.45) is 0 Å². The first kappa shape index (κ1) is 25.9. The van der Waals surface area contributed by atoms with Crippen molar-refractivity contribution in [2.45, 2.75) is 128 Å². The Bertz CT molecular complexity index is 261. The maximum atomic E-state index is 8.70. The lowest BCUT2D eigenvalue weighted by Gasteiger charge is -2.18. The third-order valence-corrected chi connectivity index (χ3v) is 5.99. The first-order valence-corrected chi connectivity index (χ1v) is 12.3. The highest BCUT2D eigenvalue weighted by Gasteiger charge is 2.10. The van der Waals surface area contributed by atoms with E-state index in [1.54, 1.807) is 0 Å². The van der Waals surface area contributed by atoms with Gasteiger partial charge in [-0.15, -0.1) is 0 Å². The largest absolute Gasteiger partial charge is 0.394 e. The molecule has 168 valence electrons. The number of ether oxygens (including phenoxy) is 2. The van der Waals surface area contributed by atoms with E-state index in [9.17, 15) is 0 Å². The number of rotatable bonds is 6. The Kier molecular flexibility index (Phi) is 18.6. The van der Waals surface area contributed by atoms with Crippen LogP contribution in [0.2, 0.25) is 0 Å². The maximum absolute atomic E-state index is 8.70. The Labute approximate surface area is 174 Å². The summed E-state index contributed by atoms with van der Waals surface area (Å²) < 4.78 is 11.2. The van der Waals surface area contributed by atoms with Crippen LogP contribution in [0, 0.1) is 0 Å². The molecule has 4 heteroatoms. The Balaban J connectivity index is 0.000000280. The molecule has 0 aromatic carbocycles. The van der Waals surface area contributed by atoms with Gasteiger partial charge in [0, 0.05) is 0 Å². The van der Waals surface area contributed by atoms with Crippen molar-refractivity contribution in [3.8, 4) is 0 Å². The SMILES string of the molecule is OCCOC1CCCCCCCCC1.OCCOC1CCCCCCCCC1. The zero-order valence-corrected chi connectivity index (χ0v) is 18.4. The Hall–Kier alpha value is -0.160. The zero-order chi connectivity index (χ0) is 20.1. The van der Waals surface area contributed by atoms with E-state index in [4.69, 9.17) is 19.7 Å². The van der Waals surface area contributed by atoms with Crippen LogP contribution < -0.4 is 0 Å². The highest BCUT2D eigenvalue weighted by Crippen LogP contribution is 2.19. The smallest absolute Gasteiger partial charge is 0.0701 e. The van der Waals surface area contributed by atoms with Crippen molar-refractivity contribution < 1.29 is 19.7 Å². The van der Waals surface area contributed by atoms with Gasteiger partial charge < -0.3 is 19.7 Å². The molecule has 0 saturated heterocycles. The molecule has 2 aliphatic carbocycles. The van der Waals surface area contributed by atoms with E-state index in [0.29, 0.717) is 25.4 Å². The van der Waals surface area contributed by atoms with Crippen LogP contribution in [-0.4, -0.2) is 48.8 Å². The van der Waals surface area contributed by atoms with E-state index < -0.39 is 0 Å². The molecule has 28 heavy (non-hydrogen) atoms. The predicted octanol–water partition coefficient (Wildman–Crippen LogP) is 5.78. The minimum absolute atomic E-state index is 0.163. The lowest BCUT2D eigenvalue weighted by molar-refractivity contribution is 0.0161. The van der Waals surface area contributed by atoms with Crippen LogP contribution in [-0.2, 0) is 9.47 Å². The van der Waals surface area contributed by atoms with Crippen LogP contribution in [0.15, 0.2) is 0 Å². The van der Waals surface area contributed by atoms with E-state index >= 15 is 0 Å². The van der Waals surface area contributed by atoms with Crippen LogP contribution in [0.4, 0.5) is 0 Å². The van der Waals surface area contributed by atoms with Gasteiger partial charge in [0.15, 0.2) is 0 Å². The van der Waals surface area contributed by atoms with Crippen LogP contribution in [0.25, 0.3) is 0 Å². The molecular formula is C24H48O4. The number of aliphatic hydroxyl groups excluding tert-OH is 2. The molecule has 0 amide bonds. The lowest BCUT2D eigenvalue weighted by atomic mass is 9.99. The molecule has 0 atom stereocenters. The van der Waals surface area contributed by atoms with Gasteiger partial charge in [0.25, 0.3) is 0 Å². The second-order valence-corrected chi connectivity index (χ2v) is 8.54. The molecule has 0 aromatic heterocycles. The average molecular weight is 401 g/mol. The summed E-state index contributed by atoms with van der Waals surface area (Å²) in [6.45, 7) is 1.36. The summed E-state index contributed by atoms with van der Waals surface area (Å²) in [5.74, 6) is 0. The van der Waals surface area contributed by atoms with Crippen molar-refractivity contribution in [1.82, 2.24) is 0 Å².